The number of rotatable bonds is 7. The average molecular weight is 492 g/mol. The van der Waals surface area contributed by atoms with Crippen LogP contribution in [-0.4, -0.2) is 52.9 Å². The molecule has 0 radical (unpaired) electrons. The molecule has 1 atom stereocenters. The maximum absolute atomic E-state index is 12.9. The number of alkyl halides is 2. The number of carbonyl (C=O) groups excluding carboxylic acids is 1. The maximum atomic E-state index is 12.9. The molecule has 180 valence electrons. The molecule has 8 nitrogen and oxygen atoms in total. The van der Waals surface area contributed by atoms with Gasteiger partial charge in [0, 0.05) is 17.0 Å². The van der Waals surface area contributed by atoms with Gasteiger partial charge in [-0.2, -0.15) is 13.9 Å². The van der Waals surface area contributed by atoms with Crippen molar-refractivity contribution in [1.82, 2.24) is 15.1 Å². The molecule has 11 heteroatoms. The first-order valence-electron chi connectivity index (χ1n) is 10.8. The van der Waals surface area contributed by atoms with Gasteiger partial charge in [-0.3, -0.25) is 4.79 Å². The molecular formula is C23H23F2N3O5S. The van der Waals surface area contributed by atoms with Crippen molar-refractivity contribution in [2.24, 2.45) is 5.92 Å². The lowest BCUT2D eigenvalue weighted by atomic mass is 10.0. The maximum Gasteiger partial charge on any atom is 0.387 e. The number of nitrogens with zero attached hydrogens (tertiary/aromatic N) is 2. The number of benzene rings is 2. The minimum atomic E-state index is -3.13. The number of nitrogens with one attached hydrogen (secondary N) is 1. The third-order valence-corrected chi connectivity index (χ3v) is 8.25. The number of halogens is 2. The Morgan fingerprint density at radius 1 is 1.24 bits per heavy atom. The number of ether oxygens (including phenoxy) is 1. The summed E-state index contributed by atoms with van der Waals surface area (Å²) in [4.78, 5) is 12.9. The second-order valence-corrected chi connectivity index (χ2v) is 11.3. The van der Waals surface area contributed by atoms with Crippen LogP contribution >= 0.6 is 0 Å². The molecule has 34 heavy (non-hydrogen) atoms. The zero-order valence-electron chi connectivity index (χ0n) is 18.2. The summed E-state index contributed by atoms with van der Waals surface area (Å²) in [6, 6.07) is 10.9. The molecule has 1 aliphatic carbocycles. The van der Waals surface area contributed by atoms with Gasteiger partial charge in [0.15, 0.2) is 9.84 Å². The van der Waals surface area contributed by atoms with Gasteiger partial charge in [-0.05, 0) is 56.0 Å². The summed E-state index contributed by atoms with van der Waals surface area (Å²) in [5.74, 6) is -0.619. The van der Waals surface area contributed by atoms with Crippen molar-refractivity contribution < 1.29 is 31.8 Å². The largest absolute Gasteiger partial charge is 0.435 e. The number of amides is 1. The van der Waals surface area contributed by atoms with E-state index in [4.69, 9.17) is 0 Å². The summed E-state index contributed by atoms with van der Waals surface area (Å²) in [6.45, 7) is -1.29. The molecule has 0 bridgehead atoms. The predicted octanol–water partition coefficient (Wildman–Crippen LogP) is 2.99. The highest BCUT2D eigenvalue weighted by molar-refractivity contribution is 7.93. The van der Waals surface area contributed by atoms with Crippen molar-refractivity contribution in [3.8, 4) is 11.4 Å². The van der Waals surface area contributed by atoms with E-state index in [1.165, 1.54) is 16.8 Å². The van der Waals surface area contributed by atoms with E-state index in [1.807, 2.05) is 0 Å². The Morgan fingerprint density at radius 3 is 2.62 bits per heavy atom. The van der Waals surface area contributed by atoms with E-state index < -0.39 is 34.0 Å². The van der Waals surface area contributed by atoms with E-state index in [-0.39, 0.29) is 23.2 Å². The minimum Gasteiger partial charge on any atom is -0.435 e. The lowest BCUT2D eigenvalue weighted by Crippen LogP contribution is -2.63. The number of hydrogen-bond acceptors (Lipinski definition) is 6. The number of aliphatic hydroxyl groups is 1. The van der Waals surface area contributed by atoms with Gasteiger partial charge in [-0.25, -0.2) is 13.1 Å². The van der Waals surface area contributed by atoms with Gasteiger partial charge >= 0.3 is 6.61 Å². The standard InChI is InChI=1S/C23H23F2N3O5S/c1-23(11-34(31,32)12-23)26-21(30)14-7-8-18-17(9-14)19(20(29)13-5-6-13)27-28(18)15-3-2-4-16(10-15)33-22(24)25/h2-4,7-10,13,20,22,29H,5-6,11-12H2,1H3,(H,26,30). The van der Waals surface area contributed by atoms with Crippen LogP contribution in [0.1, 0.15) is 41.9 Å². The highest BCUT2D eigenvalue weighted by Crippen LogP contribution is 2.43. The van der Waals surface area contributed by atoms with Crippen molar-refractivity contribution in [2.45, 2.75) is 38.0 Å². The predicted molar refractivity (Wildman–Crippen MR) is 120 cm³/mol. The lowest BCUT2D eigenvalue weighted by Gasteiger charge is -2.38. The van der Waals surface area contributed by atoms with Gasteiger partial charge in [0.1, 0.15) is 11.9 Å². The molecule has 3 aromatic rings. The Kier molecular flexibility index (Phi) is 5.36. The van der Waals surface area contributed by atoms with Crippen LogP contribution < -0.4 is 10.1 Å². The lowest BCUT2D eigenvalue weighted by molar-refractivity contribution is -0.0498. The third kappa shape index (κ3) is 4.37. The molecule has 2 N–H and O–H groups in total. The number of aromatic nitrogens is 2. The third-order valence-electron chi connectivity index (χ3n) is 6.10. The van der Waals surface area contributed by atoms with E-state index in [0.717, 1.165) is 12.8 Å². The van der Waals surface area contributed by atoms with Gasteiger partial charge in [0.25, 0.3) is 5.91 Å². The number of sulfone groups is 1. The minimum absolute atomic E-state index is 0.0277. The van der Waals surface area contributed by atoms with Crippen LogP contribution in [0.5, 0.6) is 5.75 Å². The number of carbonyl (C=O) groups is 1. The number of fused-ring (bicyclic) bond motifs is 1. The van der Waals surface area contributed by atoms with Crippen LogP contribution in [0.3, 0.4) is 0 Å². The molecule has 1 amide bonds. The summed E-state index contributed by atoms with van der Waals surface area (Å²) in [6.07, 6.45) is 0.886. The Balaban J connectivity index is 1.53. The molecule has 1 unspecified atom stereocenters. The smallest absolute Gasteiger partial charge is 0.387 e. The zero-order valence-corrected chi connectivity index (χ0v) is 19.1. The van der Waals surface area contributed by atoms with Crippen LogP contribution in [0.15, 0.2) is 42.5 Å². The van der Waals surface area contributed by atoms with Crippen LogP contribution in [0.4, 0.5) is 8.78 Å². The molecule has 2 heterocycles. The molecule has 1 aliphatic heterocycles. The van der Waals surface area contributed by atoms with E-state index in [0.29, 0.717) is 27.8 Å². The van der Waals surface area contributed by atoms with E-state index in [9.17, 15) is 27.1 Å². The zero-order chi connectivity index (χ0) is 24.3. The van der Waals surface area contributed by atoms with Gasteiger partial charge in [-0.15, -0.1) is 0 Å². The van der Waals surface area contributed by atoms with Crippen molar-refractivity contribution >= 4 is 26.6 Å². The summed E-state index contributed by atoms with van der Waals surface area (Å²) in [5, 5.41) is 18.8. The molecule has 0 spiro atoms. The Hall–Kier alpha value is -3.05. The average Bonchev–Trinajstić information content (AvgIpc) is 3.51. The first kappa shape index (κ1) is 22.7. The normalized spacial score (nSPS) is 19.6. The van der Waals surface area contributed by atoms with Crippen molar-refractivity contribution in [1.29, 1.82) is 0 Å². The number of hydrogen-bond donors (Lipinski definition) is 2. The van der Waals surface area contributed by atoms with Crippen LogP contribution in [0, 0.1) is 5.92 Å². The van der Waals surface area contributed by atoms with Gasteiger partial charge in [-0.1, -0.05) is 6.07 Å². The molecule has 2 fully saturated rings. The molecule has 2 aliphatic rings. The molecule has 5 rings (SSSR count). The molecular weight excluding hydrogens is 468 g/mol. The second kappa shape index (κ2) is 8.02. The van der Waals surface area contributed by atoms with Crippen molar-refractivity contribution in [3.63, 3.8) is 0 Å². The summed E-state index contributed by atoms with van der Waals surface area (Å²) in [7, 11) is -3.13. The molecule has 1 aromatic heterocycles. The molecule has 2 aromatic carbocycles. The number of aliphatic hydroxyl groups excluding tert-OH is 1. The fourth-order valence-electron chi connectivity index (χ4n) is 4.47. The van der Waals surface area contributed by atoms with E-state index in [1.54, 1.807) is 37.3 Å². The highest BCUT2D eigenvalue weighted by Gasteiger charge is 2.45. The Morgan fingerprint density at radius 2 is 1.97 bits per heavy atom. The molecule has 1 saturated carbocycles. The van der Waals surface area contributed by atoms with Gasteiger partial charge < -0.3 is 15.2 Å². The van der Waals surface area contributed by atoms with Gasteiger partial charge in [0.05, 0.1) is 33.9 Å². The van der Waals surface area contributed by atoms with Crippen molar-refractivity contribution in [3.05, 3.63) is 53.7 Å². The summed E-state index contributed by atoms with van der Waals surface area (Å²) in [5.41, 5.74) is 0.914. The first-order chi connectivity index (χ1) is 16.0. The van der Waals surface area contributed by atoms with Crippen LogP contribution in [0.25, 0.3) is 16.6 Å². The fourth-order valence-corrected chi connectivity index (χ4v) is 6.47. The van der Waals surface area contributed by atoms with Gasteiger partial charge in [0.2, 0.25) is 0 Å². The van der Waals surface area contributed by atoms with Crippen molar-refractivity contribution in [2.75, 3.05) is 11.5 Å². The van der Waals surface area contributed by atoms with E-state index >= 15 is 0 Å². The Labute approximate surface area is 194 Å². The Bertz CT molecular complexity index is 1370. The second-order valence-electron chi connectivity index (χ2n) is 9.23. The highest BCUT2D eigenvalue weighted by atomic mass is 32.2. The molecule has 1 saturated heterocycles. The van der Waals surface area contributed by atoms with Crippen LogP contribution in [-0.2, 0) is 9.84 Å². The SMILES string of the molecule is CC1(NC(=O)c2ccc3c(c2)c(C(O)C2CC2)nn3-c2cccc(OC(F)F)c2)CS(=O)(=O)C1. The fraction of sp³-hybridized carbons (Fsp3) is 0.391. The monoisotopic (exact) mass is 491 g/mol. The summed E-state index contributed by atoms with van der Waals surface area (Å²) < 4.78 is 54.5. The van der Waals surface area contributed by atoms with Crippen LogP contribution in [0.2, 0.25) is 0 Å². The van der Waals surface area contributed by atoms with E-state index in [2.05, 4.69) is 15.2 Å². The quantitative estimate of drug-likeness (QED) is 0.526. The summed E-state index contributed by atoms with van der Waals surface area (Å²) >= 11 is 0. The topological polar surface area (TPSA) is 111 Å². The first-order valence-corrected chi connectivity index (χ1v) is 12.6.